The number of amides is 2. The van der Waals surface area contributed by atoms with Crippen LogP contribution in [0.4, 0.5) is 4.79 Å². The molecule has 0 bridgehead atoms. The molecule has 0 saturated carbocycles. The maximum absolute atomic E-state index is 12.7. The Kier molecular flexibility index (Phi) is 9.08. The Morgan fingerprint density at radius 1 is 0.941 bits per heavy atom. The minimum absolute atomic E-state index is 0.0404. The molecule has 0 fully saturated rings. The molecule has 0 spiro atoms. The highest BCUT2D eigenvalue weighted by atomic mass is 16.5. The Morgan fingerprint density at radius 2 is 1.56 bits per heavy atom. The van der Waals surface area contributed by atoms with Crippen LogP contribution in [-0.2, 0) is 14.3 Å². The molecule has 3 rings (SSSR count). The van der Waals surface area contributed by atoms with Crippen molar-refractivity contribution >= 4 is 18.0 Å². The molecule has 0 saturated heterocycles. The third-order valence-corrected chi connectivity index (χ3v) is 6.03. The van der Waals surface area contributed by atoms with Crippen LogP contribution in [0, 0.1) is 5.92 Å². The number of carbonyl (C=O) groups excluding carboxylic acids is 2. The molecule has 0 aliphatic heterocycles. The Balaban J connectivity index is 1.53. The molecule has 2 amide bonds. The van der Waals surface area contributed by atoms with Gasteiger partial charge in [0.15, 0.2) is 0 Å². The van der Waals surface area contributed by atoms with E-state index in [1.165, 1.54) is 0 Å². The lowest BCUT2D eigenvalue weighted by molar-refractivity contribution is -0.137. The lowest BCUT2D eigenvalue weighted by Crippen LogP contribution is -2.48. The molecule has 2 aromatic rings. The summed E-state index contributed by atoms with van der Waals surface area (Å²) in [7, 11) is 0. The number of fused-ring (bicyclic) bond motifs is 3. The smallest absolute Gasteiger partial charge is 0.407 e. The van der Waals surface area contributed by atoms with Crippen molar-refractivity contribution in [2.75, 3.05) is 13.2 Å². The zero-order chi connectivity index (χ0) is 24.5. The van der Waals surface area contributed by atoms with E-state index in [4.69, 9.17) is 9.84 Å². The number of carboxylic acids is 1. The fourth-order valence-electron chi connectivity index (χ4n) is 4.40. The second-order valence-corrected chi connectivity index (χ2v) is 9.15. The van der Waals surface area contributed by atoms with Gasteiger partial charge in [-0.25, -0.2) is 4.79 Å². The Hall–Kier alpha value is -3.35. The zero-order valence-corrected chi connectivity index (χ0v) is 19.9. The fourth-order valence-corrected chi connectivity index (χ4v) is 4.40. The number of hydrogen-bond donors (Lipinski definition) is 3. The number of carboxylic acid groups (broad SMARTS) is 1. The van der Waals surface area contributed by atoms with Gasteiger partial charge in [-0.2, -0.15) is 0 Å². The van der Waals surface area contributed by atoms with Gasteiger partial charge in [-0.3, -0.25) is 9.59 Å². The second kappa shape index (κ2) is 12.2. The number of alkyl carbamates (subject to hydrolysis) is 1. The minimum atomic E-state index is -0.812. The molecule has 0 aromatic heterocycles. The van der Waals surface area contributed by atoms with Crippen LogP contribution in [0.3, 0.4) is 0 Å². The van der Waals surface area contributed by atoms with Gasteiger partial charge in [0.1, 0.15) is 12.6 Å². The predicted molar refractivity (Wildman–Crippen MR) is 131 cm³/mol. The number of unbranched alkanes of at least 4 members (excludes halogenated alkanes) is 2. The third kappa shape index (κ3) is 6.83. The van der Waals surface area contributed by atoms with E-state index in [1.807, 2.05) is 38.1 Å². The predicted octanol–water partition coefficient (Wildman–Crippen LogP) is 4.70. The van der Waals surface area contributed by atoms with E-state index in [2.05, 4.69) is 34.9 Å². The molecule has 1 aliphatic carbocycles. The highest BCUT2D eigenvalue weighted by Gasteiger charge is 2.29. The SMILES string of the molecule is CC(C)C[C@H](NC(=O)OCC1c2ccccc2-c2ccccc21)C(=O)NCCCCCC(=O)O. The molecule has 0 heterocycles. The summed E-state index contributed by atoms with van der Waals surface area (Å²) < 4.78 is 5.60. The molecule has 182 valence electrons. The molecular formula is C27H34N2O5. The molecule has 7 heteroatoms. The molecule has 1 aliphatic rings. The highest BCUT2D eigenvalue weighted by Crippen LogP contribution is 2.44. The second-order valence-electron chi connectivity index (χ2n) is 9.15. The number of carbonyl (C=O) groups is 3. The van der Waals surface area contributed by atoms with Crippen LogP contribution in [0.15, 0.2) is 48.5 Å². The van der Waals surface area contributed by atoms with Gasteiger partial charge in [0.05, 0.1) is 0 Å². The van der Waals surface area contributed by atoms with Crippen molar-refractivity contribution in [1.82, 2.24) is 10.6 Å². The maximum atomic E-state index is 12.7. The summed E-state index contributed by atoms with van der Waals surface area (Å²) in [5.41, 5.74) is 4.59. The van der Waals surface area contributed by atoms with Gasteiger partial charge in [-0.15, -0.1) is 0 Å². The van der Waals surface area contributed by atoms with Gasteiger partial charge in [0, 0.05) is 18.9 Å². The molecular weight excluding hydrogens is 432 g/mol. The highest BCUT2D eigenvalue weighted by molar-refractivity contribution is 5.85. The normalized spacial score (nSPS) is 13.1. The van der Waals surface area contributed by atoms with Crippen LogP contribution in [0.25, 0.3) is 11.1 Å². The quantitative estimate of drug-likeness (QED) is 0.393. The first-order valence-electron chi connectivity index (χ1n) is 12.0. The van der Waals surface area contributed by atoms with Crippen molar-refractivity contribution in [1.29, 1.82) is 0 Å². The van der Waals surface area contributed by atoms with E-state index in [-0.39, 0.29) is 30.8 Å². The number of aliphatic carboxylic acids is 1. The van der Waals surface area contributed by atoms with E-state index in [0.717, 1.165) is 28.7 Å². The Bertz CT molecular complexity index is 959. The lowest BCUT2D eigenvalue weighted by Gasteiger charge is -2.21. The number of benzene rings is 2. The minimum Gasteiger partial charge on any atom is -0.481 e. The first kappa shape index (κ1) is 25.3. The summed E-state index contributed by atoms with van der Waals surface area (Å²) in [6.07, 6.45) is 2.02. The summed E-state index contributed by atoms with van der Waals surface area (Å²) in [6, 6.07) is 15.6. The van der Waals surface area contributed by atoms with E-state index >= 15 is 0 Å². The summed E-state index contributed by atoms with van der Waals surface area (Å²) in [6.45, 7) is 4.62. The largest absolute Gasteiger partial charge is 0.481 e. The number of nitrogens with one attached hydrogen (secondary N) is 2. The van der Waals surface area contributed by atoms with Crippen molar-refractivity contribution < 1.29 is 24.2 Å². The van der Waals surface area contributed by atoms with Crippen molar-refractivity contribution in [3.8, 4) is 11.1 Å². The van der Waals surface area contributed by atoms with Crippen LogP contribution in [0.2, 0.25) is 0 Å². The number of hydrogen-bond acceptors (Lipinski definition) is 4. The van der Waals surface area contributed by atoms with Crippen LogP contribution in [0.5, 0.6) is 0 Å². The summed E-state index contributed by atoms with van der Waals surface area (Å²) >= 11 is 0. The Morgan fingerprint density at radius 3 is 2.15 bits per heavy atom. The molecule has 0 unspecified atom stereocenters. The van der Waals surface area contributed by atoms with E-state index in [1.54, 1.807) is 0 Å². The standard InChI is InChI=1S/C27H34N2O5/c1-18(2)16-24(26(32)28-15-9-3-4-14-25(30)31)29-27(33)34-17-23-21-12-7-5-10-19(21)20-11-6-8-13-22(20)23/h5-8,10-13,18,23-24H,3-4,9,14-17H2,1-2H3,(H,28,32)(H,29,33)(H,30,31)/t24-/m0/s1. The third-order valence-electron chi connectivity index (χ3n) is 6.03. The van der Waals surface area contributed by atoms with E-state index in [0.29, 0.717) is 25.8 Å². The number of rotatable bonds is 12. The van der Waals surface area contributed by atoms with Crippen molar-refractivity contribution in [3.05, 3.63) is 59.7 Å². The first-order valence-corrected chi connectivity index (χ1v) is 12.0. The van der Waals surface area contributed by atoms with E-state index in [9.17, 15) is 14.4 Å². The molecule has 2 aromatic carbocycles. The molecule has 3 N–H and O–H groups in total. The molecule has 0 radical (unpaired) electrons. The van der Waals surface area contributed by atoms with Crippen LogP contribution in [-0.4, -0.2) is 42.3 Å². The average molecular weight is 467 g/mol. The van der Waals surface area contributed by atoms with Crippen molar-refractivity contribution in [2.45, 2.75) is 57.9 Å². The van der Waals surface area contributed by atoms with Gasteiger partial charge in [-0.05, 0) is 47.4 Å². The maximum Gasteiger partial charge on any atom is 0.407 e. The van der Waals surface area contributed by atoms with Crippen LogP contribution < -0.4 is 10.6 Å². The monoisotopic (exact) mass is 466 g/mol. The Labute approximate surface area is 200 Å². The first-order chi connectivity index (χ1) is 16.4. The van der Waals surface area contributed by atoms with E-state index < -0.39 is 18.1 Å². The summed E-state index contributed by atoms with van der Waals surface area (Å²) in [4.78, 5) is 35.9. The van der Waals surface area contributed by atoms with Crippen molar-refractivity contribution in [3.63, 3.8) is 0 Å². The van der Waals surface area contributed by atoms with Crippen LogP contribution in [0.1, 0.15) is 63.0 Å². The van der Waals surface area contributed by atoms with Gasteiger partial charge in [0.2, 0.25) is 5.91 Å². The fraction of sp³-hybridized carbons (Fsp3) is 0.444. The van der Waals surface area contributed by atoms with Crippen LogP contribution >= 0.6 is 0 Å². The molecule has 7 nitrogen and oxygen atoms in total. The average Bonchev–Trinajstić information content (AvgIpc) is 3.12. The summed E-state index contributed by atoms with van der Waals surface area (Å²) in [5, 5.41) is 14.3. The topological polar surface area (TPSA) is 105 Å². The van der Waals surface area contributed by atoms with Gasteiger partial charge < -0.3 is 20.5 Å². The van der Waals surface area contributed by atoms with Gasteiger partial charge >= 0.3 is 12.1 Å². The number of ether oxygens (including phenoxy) is 1. The van der Waals surface area contributed by atoms with Crippen molar-refractivity contribution in [2.24, 2.45) is 5.92 Å². The summed E-state index contributed by atoms with van der Waals surface area (Å²) in [5.74, 6) is -0.893. The van der Waals surface area contributed by atoms with Gasteiger partial charge in [-0.1, -0.05) is 68.8 Å². The molecule has 34 heavy (non-hydrogen) atoms. The zero-order valence-electron chi connectivity index (χ0n) is 19.9. The lowest BCUT2D eigenvalue weighted by atomic mass is 9.98. The molecule has 1 atom stereocenters. The van der Waals surface area contributed by atoms with Gasteiger partial charge in [0.25, 0.3) is 0 Å².